The van der Waals surface area contributed by atoms with Crippen molar-refractivity contribution in [3.63, 3.8) is 0 Å². The molecular formula is C16H17F3N2O2. The van der Waals surface area contributed by atoms with Crippen LogP contribution in [0.15, 0.2) is 34.9 Å². The molecule has 124 valence electrons. The highest BCUT2D eigenvalue weighted by Gasteiger charge is 2.35. The second-order valence-corrected chi connectivity index (χ2v) is 5.89. The molecule has 1 N–H and O–H groups in total. The topological polar surface area (TPSA) is 49.5 Å². The van der Waals surface area contributed by atoms with Crippen LogP contribution in [0.3, 0.4) is 0 Å². The van der Waals surface area contributed by atoms with Gasteiger partial charge in [-0.3, -0.25) is 4.90 Å². The van der Waals surface area contributed by atoms with Gasteiger partial charge < -0.3 is 9.63 Å². The lowest BCUT2D eigenvalue weighted by molar-refractivity contribution is -0.137. The lowest BCUT2D eigenvalue weighted by Gasteiger charge is -2.24. The standard InChI is InChI=1S/C16H17F3N2O2/c1-10-5-13(20-23-10)8-21-9-14(22)7-15(21)11-3-2-4-12(6-11)16(17,18)19/h2-6,14-15,22H,7-9H2,1H3/t14-,15+/m1/s1. The normalized spacial score (nSPS) is 22.7. The van der Waals surface area contributed by atoms with E-state index in [-0.39, 0.29) is 6.04 Å². The van der Waals surface area contributed by atoms with Crippen LogP contribution in [0.25, 0.3) is 0 Å². The second-order valence-electron chi connectivity index (χ2n) is 5.89. The van der Waals surface area contributed by atoms with Crippen LogP contribution in [0, 0.1) is 6.92 Å². The Bertz CT molecular complexity index is 684. The number of aliphatic hydroxyl groups excluding tert-OH is 1. The van der Waals surface area contributed by atoms with Crippen molar-refractivity contribution in [1.82, 2.24) is 10.1 Å². The fraction of sp³-hybridized carbons (Fsp3) is 0.438. The first kappa shape index (κ1) is 16.0. The number of aromatic nitrogens is 1. The van der Waals surface area contributed by atoms with Gasteiger partial charge in [-0.2, -0.15) is 13.2 Å². The Hall–Kier alpha value is -1.86. The number of likely N-dealkylation sites (tertiary alicyclic amines) is 1. The number of alkyl halides is 3. The molecule has 1 saturated heterocycles. The summed E-state index contributed by atoms with van der Waals surface area (Å²) in [6, 6.07) is 6.79. The summed E-state index contributed by atoms with van der Waals surface area (Å²) in [5, 5.41) is 13.8. The Labute approximate surface area is 131 Å². The predicted octanol–water partition coefficient (Wildman–Crippen LogP) is 3.31. The molecule has 3 rings (SSSR count). The first-order valence-corrected chi connectivity index (χ1v) is 7.34. The van der Waals surface area contributed by atoms with Gasteiger partial charge in [0.2, 0.25) is 0 Å². The van der Waals surface area contributed by atoms with Gasteiger partial charge in [-0.25, -0.2) is 0 Å². The third kappa shape index (κ3) is 3.56. The number of benzene rings is 1. The molecule has 23 heavy (non-hydrogen) atoms. The van der Waals surface area contributed by atoms with Crippen molar-refractivity contribution in [3.8, 4) is 0 Å². The summed E-state index contributed by atoms with van der Waals surface area (Å²) in [6.45, 7) is 2.60. The van der Waals surface area contributed by atoms with Gasteiger partial charge in [0.1, 0.15) is 5.76 Å². The summed E-state index contributed by atoms with van der Waals surface area (Å²) in [5.74, 6) is 0.676. The van der Waals surface area contributed by atoms with Crippen molar-refractivity contribution < 1.29 is 22.8 Å². The minimum absolute atomic E-state index is 0.274. The summed E-state index contributed by atoms with van der Waals surface area (Å²) >= 11 is 0. The van der Waals surface area contributed by atoms with Crippen molar-refractivity contribution >= 4 is 0 Å². The van der Waals surface area contributed by atoms with E-state index in [9.17, 15) is 18.3 Å². The number of rotatable bonds is 3. The number of hydrogen-bond donors (Lipinski definition) is 1. The summed E-state index contributed by atoms with van der Waals surface area (Å²) in [7, 11) is 0. The average Bonchev–Trinajstić information content (AvgIpc) is 3.04. The van der Waals surface area contributed by atoms with Gasteiger partial charge in [-0.1, -0.05) is 17.3 Å². The van der Waals surface area contributed by atoms with Crippen LogP contribution in [-0.4, -0.2) is 27.8 Å². The molecule has 0 aliphatic carbocycles. The maximum absolute atomic E-state index is 12.9. The van der Waals surface area contributed by atoms with Crippen molar-refractivity contribution in [2.45, 2.75) is 38.2 Å². The van der Waals surface area contributed by atoms with Crippen molar-refractivity contribution in [2.75, 3.05) is 6.54 Å². The van der Waals surface area contributed by atoms with E-state index in [0.29, 0.717) is 36.5 Å². The summed E-state index contributed by atoms with van der Waals surface area (Å²) in [6.07, 6.45) is -4.54. The van der Waals surface area contributed by atoms with Gasteiger partial charge >= 0.3 is 6.18 Å². The van der Waals surface area contributed by atoms with Gasteiger partial charge in [-0.15, -0.1) is 0 Å². The maximum atomic E-state index is 12.9. The van der Waals surface area contributed by atoms with Crippen LogP contribution in [0.2, 0.25) is 0 Å². The largest absolute Gasteiger partial charge is 0.416 e. The fourth-order valence-corrected chi connectivity index (χ4v) is 3.02. The third-order valence-corrected chi connectivity index (χ3v) is 4.02. The molecule has 0 unspecified atom stereocenters. The molecule has 1 aromatic heterocycles. The molecule has 0 bridgehead atoms. The fourth-order valence-electron chi connectivity index (χ4n) is 3.02. The molecule has 7 heteroatoms. The predicted molar refractivity (Wildman–Crippen MR) is 76.5 cm³/mol. The van der Waals surface area contributed by atoms with Crippen LogP contribution in [0.1, 0.15) is 35.0 Å². The van der Waals surface area contributed by atoms with Crippen molar-refractivity contribution in [1.29, 1.82) is 0 Å². The van der Waals surface area contributed by atoms with Crippen LogP contribution < -0.4 is 0 Å². The number of halogens is 3. The monoisotopic (exact) mass is 326 g/mol. The van der Waals surface area contributed by atoms with E-state index in [0.717, 1.165) is 12.1 Å². The highest BCUT2D eigenvalue weighted by Crippen LogP contribution is 2.36. The Kier molecular flexibility index (Phi) is 4.16. The van der Waals surface area contributed by atoms with E-state index in [1.165, 1.54) is 6.07 Å². The highest BCUT2D eigenvalue weighted by molar-refractivity contribution is 5.29. The lowest BCUT2D eigenvalue weighted by Crippen LogP contribution is -2.24. The zero-order valence-corrected chi connectivity index (χ0v) is 12.5. The molecule has 2 atom stereocenters. The van der Waals surface area contributed by atoms with E-state index in [1.807, 2.05) is 4.90 Å². The van der Waals surface area contributed by atoms with Crippen LogP contribution in [-0.2, 0) is 12.7 Å². The molecule has 0 amide bonds. The molecule has 1 aliphatic rings. The smallest absolute Gasteiger partial charge is 0.392 e. The van der Waals surface area contributed by atoms with Crippen molar-refractivity contribution in [2.24, 2.45) is 0 Å². The molecule has 1 fully saturated rings. The van der Waals surface area contributed by atoms with Gasteiger partial charge in [0.05, 0.1) is 17.4 Å². The minimum Gasteiger partial charge on any atom is -0.392 e. The third-order valence-electron chi connectivity index (χ3n) is 4.02. The zero-order valence-electron chi connectivity index (χ0n) is 12.5. The van der Waals surface area contributed by atoms with Crippen molar-refractivity contribution in [3.05, 3.63) is 52.9 Å². The number of nitrogens with zero attached hydrogens (tertiary/aromatic N) is 2. The van der Waals surface area contributed by atoms with Crippen LogP contribution in [0.4, 0.5) is 13.2 Å². The number of β-amino-alcohol motifs (C(OH)–C–C–N with tert-alkyl or cyclic N) is 1. The molecule has 4 nitrogen and oxygen atoms in total. The molecule has 2 heterocycles. The Balaban J connectivity index is 1.84. The number of aryl methyl sites for hydroxylation is 1. The van der Waals surface area contributed by atoms with E-state index < -0.39 is 17.8 Å². The van der Waals surface area contributed by atoms with Gasteiger partial charge in [0.25, 0.3) is 0 Å². The summed E-state index contributed by atoms with van der Waals surface area (Å²) < 4.78 is 43.7. The Morgan fingerprint density at radius 1 is 1.35 bits per heavy atom. The number of hydrogen-bond acceptors (Lipinski definition) is 4. The number of aliphatic hydroxyl groups is 1. The maximum Gasteiger partial charge on any atom is 0.416 e. The van der Waals surface area contributed by atoms with Gasteiger partial charge in [0, 0.05) is 25.2 Å². The molecule has 1 aliphatic heterocycles. The van der Waals surface area contributed by atoms with E-state index in [4.69, 9.17) is 4.52 Å². The Morgan fingerprint density at radius 3 is 2.78 bits per heavy atom. The van der Waals surface area contributed by atoms with E-state index in [1.54, 1.807) is 19.1 Å². The molecule has 0 saturated carbocycles. The summed E-state index contributed by atoms with van der Waals surface area (Å²) in [4.78, 5) is 1.93. The SMILES string of the molecule is Cc1cc(CN2C[C@H](O)C[C@H]2c2cccc(C(F)(F)F)c2)no1. The average molecular weight is 326 g/mol. The van der Waals surface area contributed by atoms with E-state index >= 15 is 0 Å². The summed E-state index contributed by atoms with van der Waals surface area (Å²) in [5.41, 5.74) is 0.582. The first-order chi connectivity index (χ1) is 10.8. The molecule has 2 aromatic rings. The molecule has 1 aromatic carbocycles. The van der Waals surface area contributed by atoms with Gasteiger partial charge in [0.15, 0.2) is 0 Å². The molecular weight excluding hydrogens is 309 g/mol. The Morgan fingerprint density at radius 2 is 2.13 bits per heavy atom. The zero-order chi connectivity index (χ0) is 16.6. The quantitative estimate of drug-likeness (QED) is 0.940. The highest BCUT2D eigenvalue weighted by atomic mass is 19.4. The van der Waals surface area contributed by atoms with E-state index in [2.05, 4.69) is 5.16 Å². The molecule has 0 radical (unpaired) electrons. The van der Waals surface area contributed by atoms with Crippen LogP contribution in [0.5, 0.6) is 0 Å². The first-order valence-electron chi connectivity index (χ1n) is 7.34. The minimum atomic E-state index is -4.37. The van der Waals surface area contributed by atoms with Crippen LogP contribution >= 0.6 is 0 Å². The molecule has 0 spiro atoms. The lowest BCUT2D eigenvalue weighted by atomic mass is 10.0. The second kappa shape index (κ2) is 5.98. The van der Waals surface area contributed by atoms with Gasteiger partial charge in [-0.05, 0) is 31.0 Å².